The Kier molecular flexibility index (Phi) is 9.70. The fourth-order valence-corrected chi connectivity index (χ4v) is 0.189. The minimum atomic E-state index is -1.19. The second kappa shape index (κ2) is 8.83. The van der Waals surface area contributed by atoms with E-state index in [1.54, 1.807) is 13.8 Å². The molecule has 0 radical (unpaired) electrons. The van der Waals surface area contributed by atoms with E-state index >= 15 is 0 Å². The highest BCUT2D eigenvalue weighted by Crippen LogP contribution is 1.87. The van der Waals surface area contributed by atoms with Gasteiger partial charge in [0.2, 0.25) is 0 Å². The highest BCUT2D eigenvalue weighted by Gasteiger charge is 1.99. The van der Waals surface area contributed by atoms with Crippen molar-refractivity contribution in [2.75, 3.05) is 6.61 Å². The zero-order chi connectivity index (χ0) is 10.9. The van der Waals surface area contributed by atoms with Crippen molar-refractivity contribution in [2.24, 2.45) is 5.92 Å². The van der Waals surface area contributed by atoms with Gasteiger partial charge in [-0.1, -0.05) is 20.8 Å². The van der Waals surface area contributed by atoms with Gasteiger partial charge in [-0.25, -0.2) is 4.79 Å². The molecule has 0 saturated heterocycles. The van der Waals surface area contributed by atoms with Gasteiger partial charge in [0, 0.05) is 0 Å². The lowest BCUT2D eigenvalue weighted by atomic mass is 10.2. The van der Waals surface area contributed by atoms with Crippen LogP contribution in [-0.2, 0) is 9.53 Å². The fraction of sp³-hybridized carbons (Fsp3) is 0.750. The standard InChI is InChI=1S/C4H8O3.C4H8O2/c1-2-3-7-4(5)6;1-3(2)4(5)6/h2-3H2,1H3,(H,5,6);3H,1-2H3,(H,5,6). The Balaban J connectivity index is 0. The van der Waals surface area contributed by atoms with E-state index in [9.17, 15) is 9.59 Å². The van der Waals surface area contributed by atoms with Crippen molar-refractivity contribution in [1.29, 1.82) is 0 Å². The number of hydrogen-bond donors (Lipinski definition) is 2. The quantitative estimate of drug-likeness (QED) is 0.666. The van der Waals surface area contributed by atoms with Crippen molar-refractivity contribution < 1.29 is 24.5 Å². The summed E-state index contributed by atoms with van der Waals surface area (Å²) >= 11 is 0. The van der Waals surface area contributed by atoms with Crippen molar-refractivity contribution >= 4 is 12.1 Å². The van der Waals surface area contributed by atoms with Gasteiger partial charge in [-0.2, -0.15) is 0 Å². The Bertz CT molecular complexity index is 153. The molecule has 0 aliphatic heterocycles. The van der Waals surface area contributed by atoms with E-state index in [1.165, 1.54) is 0 Å². The molecule has 0 rings (SSSR count). The largest absolute Gasteiger partial charge is 0.505 e. The highest BCUT2D eigenvalue weighted by molar-refractivity contribution is 5.68. The van der Waals surface area contributed by atoms with Gasteiger partial charge < -0.3 is 14.9 Å². The molecule has 0 bridgehead atoms. The third-order valence-corrected chi connectivity index (χ3v) is 0.924. The predicted molar refractivity (Wildman–Crippen MR) is 46.7 cm³/mol. The molecule has 5 nitrogen and oxygen atoms in total. The van der Waals surface area contributed by atoms with Crippen LogP contribution in [0.15, 0.2) is 0 Å². The maximum absolute atomic E-state index is 9.70. The number of carbonyl (C=O) groups is 2. The Hall–Kier alpha value is -1.26. The predicted octanol–water partition coefficient (Wildman–Crippen LogP) is 1.82. The number of hydrogen-bond acceptors (Lipinski definition) is 3. The summed E-state index contributed by atoms with van der Waals surface area (Å²) in [7, 11) is 0. The molecule has 0 spiro atoms. The number of aliphatic carboxylic acids is 1. The molecule has 0 aliphatic carbocycles. The Morgan fingerprint density at radius 1 is 1.31 bits per heavy atom. The molecule has 0 fully saturated rings. The van der Waals surface area contributed by atoms with Gasteiger partial charge in [0.25, 0.3) is 0 Å². The average Bonchev–Trinajstić information content (AvgIpc) is 2.01. The van der Waals surface area contributed by atoms with Crippen molar-refractivity contribution in [1.82, 2.24) is 0 Å². The third kappa shape index (κ3) is 18.1. The molecular formula is C8H16O5. The van der Waals surface area contributed by atoms with E-state index in [4.69, 9.17) is 10.2 Å². The summed E-state index contributed by atoms with van der Waals surface area (Å²) in [5.41, 5.74) is 0. The maximum atomic E-state index is 9.70. The molecule has 0 aromatic heterocycles. The van der Waals surface area contributed by atoms with Gasteiger partial charge in [0.1, 0.15) is 0 Å². The Morgan fingerprint density at radius 3 is 1.77 bits per heavy atom. The second-order valence-corrected chi connectivity index (χ2v) is 2.61. The summed E-state index contributed by atoms with van der Waals surface area (Å²) in [6.07, 6.45) is -0.450. The topological polar surface area (TPSA) is 83.8 Å². The van der Waals surface area contributed by atoms with Crippen LogP contribution in [-0.4, -0.2) is 28.9 Å². The molecule has 5 heteroatoms. The van der Waals surface area contributed by atoms with Crippen LogP contribution in [0.1, 0.15) is 27.2 Å². The summed E-state index contributed by atoms with van der Waals surface area (Å²) in [5, 5.41) is 15.8. The molecule has 0 aromatic rings. The Morgan fingerprint density at radius 2 is 1.69 bits per heavy atom. The van der Waals surface area contributed by atoms with E-state index in [1.807, 2.05) is 6.92 Å². The minimum absolute atomic E-state index is 0.231. The first-order valence-electron chi connectivity index (χ1n) is 4.00. The molecule has 78 valence electrons. The molecule has 13 heavy (non-hydrogen) atoms. The molecule has 0 atom stereocenters. The van der Waals surface area contributed by atoms with Crippen LogP contribution in [0.5, 0.6) is 0 Å². The second-order valence-electron chi connectivity index (χ2n) is 2.61. The van der Waals surface area contributed by atoms with Crippen LogP contribution in [0.4, 0.5) is 4.79 Å². The zero-order valence-corrected chi connectivity index (χ0v) is 8.11. The van der Waals surface area contributed by atoms with Crippen molar-refractivity contribution in [3.63, 3.8) is 0 Å². The van der Waals surface area contributed by atoms with Crippen LogP contribution in [0.25, 0.3) is 0 Å². The lowest BCUT2D eigenvalue weighted by Crippen LogP contribution is -2.03. The fourth-order valence-electron chi connectivity index (χ4n) is 0.189. The van der Waals surface area contributed by atoms with Gasteiger partial charge in [-0.05, 0) is 6.42 Å². The number of rotatable bonds is 3. The summed E-state index contributed by atoms with van der Waals surface area (Å²) in [5.74, 6) is -0.972. The number of ether oxygens (including phenoxy) is 1. The van der Waals surface area contributed by atoms with E-state index in [0.717, 1.165) is 6.42 Å². The van der Waals surface area contributed by atoms with E-state index < -0.39 is 12.1 Å². The summed E-state index contributed by atoms with van der Waals surface area (Å²) in [6, 6.07) is 0. The van der Waals surface area contributed by atoms with E-state index in [2.05, 4.69) is 4.74 Å². The molecule has 0 aliphatic rings. The van der Waals surface area contributed by atoms with E-state index in [0.29, 0.717) is 6.61 Å². The van der Waals surface area contributed by atoms with Gasteiger partial charge in [0.15, 0.2) is 0 Å². The molecule has 2 N–H and O–H groups in total. The number of carboxylic acids is 1. The van der Waals surface area contributed by atoms with Crippen LogP contribution in [0.3, 0.4) is 0 Å². The summed E-state index contributed by atoms with van der Waals surface area (Å²) in [4.78, 5) is 19.2. The van der Waals surface area contributed by atoms with Gasteiger partial charge in [-0.3, -0.25) is 4.79 Å². The number of carboxylic acid groups (broad SMARTS) is 2. The van der Waals surface area contributed by atoms with Crippen molar-refractivity contribution in [3.8, 4) is 0 Å². The van der Waals surface area contributed by atoms with E-state index in [-0.39, 0.29) is 5.92 Å². The molecule has 0 aromatic carbocycles. The van der Waals surface area contributed by atoms with Crippen LogP contribution < -0.4 is 0 Å². The van der Waals surface area contributed by atoms with Gasteiger partial charge >= 0.3 is 12.1 Å². The van der Waals surface area contributed by atoms with Crippen LogP contribution >= 0.6 is 0 Å². The van der Waals surface area contributed by atoms with Crippen molar-refractivity contribution in [2.45, 2.75) is 27.2 Å². The lowest BCUT2D eigenvalue weighted by Gasteiger charge is -1.91. The lowest BCUT2D eigenvalue weighted by molar-refractivity contribution is -0.140. The first kappa shape index (κ1) is 14.3. The smallest absolute Gasteiger partial charge is 0.481 e. The third-order valence-electron chi connectivity index (χ3n) is 0.924. The minimum Gasteiger partial charge on any atom is -0.481 e. The first-order chi connectivity index (χ1) is 5.91. The monoisotopic (exact) mass is 192 g/mol. The highest BCUT2D eigenvalue weighted by atomic mass is 16.7. The van der Waals surface area contributed by atoms with Gasteiger partial charge in [0.05, 0.1) is 12.5 Å². The van der Waals surface area contributed by atoms with Crippen LogP contribution in [0.2, 0.25) is 0 Å². The molecular weight excluding hydrogens is 176 g/mol. The molecule has 0 unspecified atom stereocenters. The maximum Gasteiger partial charge on any atom is 0.505 e. The summed E-state index contributed by atoms with van der Waals surface area (Å²) < 4.78 is 4.11. The average molecular weight is 192 g/mol. The molecule has 0 heterocycles. The van der Waals surface area contributed by atoms with Crippen molar-refractivity contribution in [3.05, 3.63) is 0 Å². The van der Waals surface area contributed by atoms with Crippen LogP contribution in [0, 0.1) is 5.92 Å². The molecule has 0 amide bonds. The summed E-state index contributed by atoms with van der Waals surface area (Å²) in [6.45, 7) is 5.43. The van der Waals surface area contributed by atoms with Gasteiger partial charge in [-0.15, -0.1) is 0 Å². The Labute approximate surface area is 77.3 Å². The molecule has 0 saturated carbocycles. The first-order valence-corrected chi connectivity index (χ1v) is 4.00. The zero-order valence-electron chi connectivity index (χ0n) is 8.11. The SMILES string of the molecule is CC(C)C(=O)O.CCCOC(=O)O. The normalized spacial score (nSPS) is 8.62.